The zero-order chi connectivity index (χ0) is 18.6. The van der Waals surface area contributed by atoms with Crippen molar-refractivity contribution in [3.05, 3.63) is 48.3 Å². The van der Waals surface area contributed by atoms with Crippen molar-refractivity contribution in [2.75, 3.05) is 18.8 Å². The summed E-state index contributed by atoms with van der Waals surface area (Å²) in [6.07, 6.45) is 4.06. The van der Waals surface area contributed by atoms with Crippen molar-refractivity contribution in [3.63, 3.8) is 0 Å². The molecule has 0 saturated carbocycles. The van der Waals surface area contributed by atoms with Crippen molar-refractivity contribution in [2.24, 2.45) is 7.05 Å². The molecule has 0 radical (unpaired) electrons. The number of hydrogen-bond acceptors (Lipinski definition) is 5. The van der Waals surface area contributed by atoms with Gasteiger partial charge in [-0.25, -0.2) is 13.4 Å². The molecule has 1 aliphatic heterocycles. The molecule has 6 nitrogen and oxygen atoms in total. The summed E-state index contributed by atoms with van der Waals surface area (Å²) < 4.78 is 26.9. The topological polar surface area (TPSA) is 72.3 Å². The number of carbonyl (C=O) groups excluding carboxylic acids is 1. The van der Waals surface area contributed by atoms with Crippen LogP contribution in [-0.4, -0.2) is 52.9 Å². The van der Waals surface area contributed by atoms with Crippen LogP contribution in [0.1, 0.15) is 18.4 Å². The monoisotopic (exact) mass is 393 g/mol. The van der Waals surface area contributed by atoms with E-state index < -0.39 is 15.1 Å². The Labute approximate surface area is 158 Å². The molecule has 1 aromatic heterocycles. The van der Waals surface area contributed by atoms with Gasteiger partial charge in [0.1, 0.15) is 0 Å². The highest BCUT2D eigenvalue weighted by molar-refractivity contribution is 7.99. The molecule has 0 bridgehead atoms. The number of piperidine rings is 1. The first-order valence-corrected chi connectivity index (χ1v) is 11.3. The number of thioether (sulfide) groups is 1. The van der Waals surface area contributed by atoms with Gasteiger partial charge in [-0.1, -0.05) is 30.3 Å². The quantitative estimate of drug-likeness (QED) is 0.752. The van der Waals surface area contributed by atoms with Gasteiger partial charge < -0.3 is 9.47 Å². The van der Waals surface area contributed by atoms with Gasteiger partial charge in [-0.15, -0.1) is 11.8 Å². The van der Waals surface area contributed by atoms with Gasteiger partial charge in [-0.3, -0.25) is 4.79 Å². The fraction of sp³-hybridized carbons (Fsp3) is 0.444. The minimum atomic E-state index is -3.44. The fourth-order valence-corrected chi connectivity index (χ4v) is 5.80. The molecule has 2 heterocycles. The Morgan fingerprint density at radius 2 is 1.92 bits per heavy atom. The van der Waals surface area contributed by atoms with E-state index in [1.165, 1.54) is 16.3 Å². The maximum Gasteiger partial charge on any atom is 0.232 e. The zero-order valence-corrected chi connectivity index (χ0v) is 16.4. The van der Waals surface area contributed by atoms with Crippen molar-refractivity contribution in [1.29, 1.82) is 0 Å². The molecule has 0 spiro atoms. The Morgan fingerprint density at radius 1 is 1.23 bits per heavy atom. The molecular weight excluding hydrogens is 370 g/mol. The molecule has 0 atom stereocenters. The minimum Gasteiger partial charge on any atom is -0.342 e. The Hall–Kier alpha value is -1.80. The summed E-state index contributed by atoms with van der Waals surface area (Å²) in [6, 6.07) is 10.1. The van der Waals surface area contributed by atoms with Crippen LogP contribution in [0.15, 0.2) is 47.9 Å². The lowest BCUT2D eigenvalue weighted by Gasteiger charge is -2.31. The first kappa shape index (κ1) is 19.0. The summed E-state index contributed by atoms with van der Waals surface area (Å²) in [5, 5.41) is -0.356. The van der Waals surface area contributed by atoms with Gasteiger partial charge in [0.2, 0.25) is 20.9 Å². The zero-order valence-electron chi connectivity index (χ0n) is 14.7. The van der Waals surface area contributed by atoms with E-state index in [9.17, 15) is 13.2 Å². The third-order valence-corrected chi connectivity index (χ3v) is 7.84. The third-order valence-electron chi connectivity index (χ3n) is 4.60. The second-order valence-corrected chi connectivity index (χ2v) is 9.53. The van der Waals surface area contributed by atoms with Crippen LogP contribution >= 0.6 is 11.8 Å². The van der Waals surface area contributed by atoms with Crippen LogP contribution in [0.2, 0.25) is 0 Å². The van der Waals surface area contributed by atoms with E-state index >= 15 is 0 Å². The number of aromatic nitrogens is 2. The summed E-state index contributed by atoms with van der Waals surface area (Å²) in [4.78, 5) is 18.1. The summed E-state index contributed by atoms with van der Waals surface area (Å²) in [5.41, 5.74) is 1.20. The number of nitrogens with zero attached hydrogens (tertiary/aromatic N) is 3. The molecule has 26 heavy (non-hydrogen) atoms. The highest BCUT2D eigenvalue weighted by atomic mass is 32.2. The Morgan fingerprint density at radius 3 is 2.54 bits per heavy atom. The van der Waals surface area contributed by atoms with Crippen LogP contribution in [0.5, 0.6) is 0 Å². The summed E-state index contributed by atoms with van der Waals surface area (Å²) >= 11 is 1.59. The van der Waals surface area contributed by atoms with Crippen LogP contribution in [0, 0.1) is 0 Å². The van der Waals surface area contributed by atoms with Crippen molar-refractivity contribution < 1.29 is 13.2 Å². The van der Waals surface area contributed by atoms with Gasteiger partial charge >= 0.3 is 0 Å². The molecule has 0 unspecified atom stereocenters. The molecule has 0 N–H and O–H groups in total. The number of sulfone groups is 1. The number of amides is 1. The molecule has 1 aromatic carbocycles. The van der Waals surface area contributed by atoms with Gasteiger partial charge in [-0.2, -0.15) is 0 Å². The van der Waals surface area contributed by atoms with E-state index in [0.29, 0.717) is 31.7 Å². The Kier molecular flexibility index (Phi) is 6.03. The van der Waals surface area contributed by atoms with Crippen molar-refractivity contribution >= 4 is 27.5 Å². The average Bonchev–Trinajstić information content (AvgIpc) is 3.09. The van der Waals surface area contributed by atoms with Gasteiger partial charge in [0.05, 0.1) is 11.0 Å². The molecule has 3 rings (SSSR count). The third kappa shape index (κ3) is 4.29. The number of rotatable bonds is 6. The van der Waals surface area contributed by atoms with Crippen molar-refractivity contribution in [1.82, 2.24) is 14.5 Å². The lowest BCUT2D eigenvalue weighted by Crippen LogP contribution is -2.43. The maximum atomic E-state index is 12.7. The maximum absolute atomic E-state index is 12.7. The van der Waals surface area contributed by atoms with Crippen LogP contribution in [-0.2, 0) is 27.4 Å². The van der Waals surface area contributed by atoms with Crippen molar-refractivity contribution in [3.8, 4) is 0 Å². The minimum absolute atomic E-state index is 0.0822. The summed E-state index contributed by atoms with van der Waals surface area (Å²) in [7, 11) is -1.76. The molecule has 1 aliphatic rings. The van der Waals surface area contributed by atoms with Gasteiger partial charge in [0.15, 0.2) is 0 Å². The summed E-state index contributed by atoms with van der Waals surface area (Å²) in [6.45, 7) is 0.970. The number of benzene rings is 1. The van der Waals surface area contributed by atoms with E-state index in [1.54, 1.807) is 29.9 Å². The molecule has 0 aliphatic carbocycles. The normalized spacial score (nSPS) is 16.0. The smallest absolute Gasteiger partial charge is 0.232 e. The molecule has 8 heteroatoms. The van der Waals surface area contributed by atoms with Crippen LogP contribution < -0.4 is 0 Å². The Bertz CT molecular complexity index is 842. The fourth-order valence-electron chi connectivity index (χ4n) is 3.11. The Balaban J connectivity index is 1.49. The van der Waals surface area contributed by atoms with Crippen molar-refractivity contribution in [2.45, 2.75) is 29.0 Å². The SMILES string of the molecule is Cn1ccnc1S(=O)(=O)C1CCN(C(=O)CSCc2ccccc2)CC1. The second-order valence-electron chi connectivity index (χ2n) is 6.42. The van der Waals surface area contributed by atoms with E-state index in [-0.39, 0.29) is 11.1 Å². The largest absolute Gasteiger partial charge is 0.342 e. The standard InChI is InChI=1S/C18H23N3O3S2/c1-20-12-9-19-18(20)26(23,24)16-7-10-21(11-8-16)17(22)14-25-13-15-5-3-2-4-6-15/h2-6,9,12,16H,7-8,10-11,13-14H2,1H3. The van der Waals surface area contributed by atoms with Gasteiger partial charge in [0.25, 0.3) is 0 Å². The molecule has 140 valence electrons. The molecule has 1 saturated heterocycles. The number of aryl methyl sites for hydroxylation is 1. The number of carbonyl (C=O) groups is 1. The molecular formula is C18H23N3O3S2. The van der Waals surface area contributed by atoms with E-state index in [0.717, 1.165) is 5.75 Å². The predicted molar refractivity (Wildman–Crippen MR) is 103 cm³/mol. The predicted octanol–water partition coefficient (Wildman–Crippen LogP) is 2.12. The second kappa shape index (κ2) is 8.26. The summed E-state index contributed by atoms with van der Waals surface area (Å²) in [5.74, 6) is 1.31. The van der Waals surface area contributed by atoms with Gasteiger partial charge in [0, 0.05) is 38.3 Å². The van der Waals surface area contributed by atoms with E-state index in [2.05, 4.69) is 4.98 Å². The van der Waals surface area contributed by atoms with Gasteiger partial charge in [-0.05, 0) is 18.4 Å². The number of likely N-dealkylation sites (tertiary alicyclic amines) is 1. The average molecular weight is 394 g/mol. The lowest BCUT2D eigenvalue weighted by molar-refractivity contribution is -0.129. The van der Waals surface area contributed by atoms with E-state index in [1.807, 2.05) is 30.3 Å². The first-order chi connectivity index (χ1) is 12.5. The molecule has 1 fully saturated rings. The number of hydrogen-bond donors (Lipinski definition) is 0. The van der Waals surface area contributed by atoms with Crippen LogP contribution in [0.4, 0.5) is 0 Å². The van der Waals surface area contributed by atoms with Crippen LogP contribution in [0.25, 0.3) is 0 Å². The number of imidazole rings is 1. The van der Waals surface area contributed by atoms with E-state index in [4.69, 9.17) is 0 Å². The van der Waals surface area contributed by atoms with Crippen LogP contribution in [0.3, 0.4) is 0 Å². The molecule has 2 aromatic rings. The first-order valence-electron chi connectivity index (χ1n) is 8.59. The highest BCUT2D eigenvalue weighted by Gasteiger charge is 2.34. The highest BCUT2D eigenvalue weighted by Crippen LogP contribution is 2.24. The molecule has 1 amide bonds. The lowest BCUT2D eigenvalue weighted by atomic mass is 10.1.